The largest absolute Gasteiger partial charge is 0.491 e. The number of rotatable bonds is 10. The van der Waals surface area contributed by atoms with E-state index in [-0.39, 0.29) is 24.9 Å². The van der Waals surface area contributed by atoms with Gasteiger partial charge in [0.1, 0.15) is 12.4 Å². The molecule has 30 heavy (non-hydrogen) atoms. The van der Waals surface area contributed by atoms with Crippen molar-refractivity contribution in [3.8, 4) is 5.75 Å². The van der Waals surface area contributed by atoms with Crippen molar-refractivity contribution in [2.75, 3.05) is 23.7 Å². The molecule has 1 amide bonds. The predicted molar refractivity (Wildman–Crippen MR) is 122 cm³/mol. The van der Waals surface area contributed by atoms with Gasteiger partial charge in [-0.2, -0.15) is 0 Å². The highest BCUT2D eigenvalue weighted by Gasteiger charge is 2.20. The minimum absolute atomic E-state index is 0.147. The minimum Gasteiger partial charge on any atom is -0.491 e. The fraction of sp³-hybridized carbons (Fsp3) is 0.409. The van der Waals surface area contributed by atoms with Crippen LogP contribution in [-0.4, -0.2) is 39.8 Å². The lowest BCUT2D eigenvalue weighted by Gasteiger charge is -2.24. The maximum absolute atomic E-state index is 12.3. The van der Waals surface area contributed by atoms with Crippen LogP contribution in [0.15, 0.2) is 42.5 Å². The number of carbonyl (C=O) groups excluding carboxylic acids is 1. The van der Waals surface area contributed by atoms with E-state index < -0.39 is 10.0 Å². The summed E-state index contributed by atoms with van der Waals surface area (Å²) in [6.45, 7) is 6.20. The van der Waals surface area contributed by atoms with Crippen molar-refractivity contribution >= 4 is 33.2 Å². The second-order valence-electron chi connectivity index (χ2n) is 7.42. The number of amides is 1. The Balaban J connectivity index is 1.85. The number of nitrogens with zero attached hydrogens (tertiary/aromatic N) is 1. The molecule has 164 valence electrons. The summed E-state index contributed by atoms with van der Waals surface area (Å²) in [6, 6.07) is 12.7. The molecule has 6 nitrogen and oxygen atoms in total. The van der Waals surface area contributed by atoms with E-state index in [1.165, 1.54) is 4.31 Å². The van der Waals surface area contributed by atoms with E-state index in [1.54, 1.807) is 25.1 Å². The molecule has 0 aliphatic rings. The Morgan fingerprint density at radius 1 is 1.17 bits per heavy atom. The van der Waals surface area contributed by atoms with Crippen LogP contribution in [0.3, 0.4) is 0 Å². The van der Waals surface area contributed by atoms with E-state index in [0.717, 1.165) is 17.6 Å². The molecule has 0 saturated heterocycles. The summed E-state index contributed by atoms with van der Waals surface area (Å²) in [5, 5.41) is 3.38. The summed E-state index contributed by atoms with van der Waals surface area (Å²) in [4.78, 5) is 12.2. The van der Waals surface area contributed by atoms with Crippen molar-refractivity contribution in [1.82, 2.24) is 5.32 Å². The second-order valence-corrected chi connectivity index (χ2v) is 9.73. The number of carbonyl (C=O) groups is 1. The molecule has 0 saturated carbocycles. The maximum Gasteiger partial charge on any atom is 0.232 e. The van der Waals surface area contributed by atoms with Crippen LogP contribution in [0.1, 0.15) is 30.9 Å². The summed E-state index contributed by atoms with van der Waals surface area (Å²) in [5.74, 6) is 0.605. The van der Waals surface area contributed by atoms with Gasteiger partial charge in [-0.3, -0.25) is 9.10 Å². The summed E-state index contributed by atoms with van der Waals surface area (Å²) in [6.07, 6.45) is 1.74. The number of benzene rings is 2. The van der Waals surface area contributed by atoms with Crippen LogP contribution < -0.4 is 14.4 Å². The Morgan fingerprint density at radius 2 is 1.83 bits per heavy atom. The highest BCUT2D eigenvalue weighted by atomic mass is 35.5. The number of sulfonamides is 1. The van der Waals surface area contributed by atoms with Gasteiger partial charge in [-0.15, -0.1) is 0 Å². The Bertz CT molecular complexity index is 962. The molecular weight excluding hydrogens is 424 g/mol. The molecule has 1 N–H and O–H groups in total. The molecular formula is C22H29ClN2O4S. The van der Waals surface area contributed by atoms with Gasteiger partial charge in [-0.1, -0.05) is 35.4 Å². The van der Waals surface area contributed by atoms with Crippen LogP contribution in [0.25, 0.3) is 0 Å². The number of aryl methyl sites for hydroxylation is 1. The SMILES string of the molecule is Cc1ccc(OCC(C)NC(=O)CCCN(c2cccc(Cl)c2C)S(C)(=O)=O)cc1. The number of anilines is 1. The standard InChI is InChI=1S/C22H29ClN2O4S/c1-16-10-12-19(13-11-16)29-15-17(2)24-22(26)9-6-14-25(30(4,27)28)21-8-5-7-20(23)18(21)3/h5,7-8,10-13,17H,6,9,14-15H2,1-4H3,(H,24,26). The molecule has 0 aliphatic carbocycles. The molecule has 0 aliphatic heterocycles. The second kappa shape index (κ2) is 10.7. The van der Waals surface area contributed by atoms with Gasteiger partial charge in [0.2, 0.25) is 15.9 Å². The minimum atomic E-state index is -3.50. The first-order valence-electron chi connectivity index (χ1n) is 9.79. The number of halogens is 1. The highest BCUT2D eigenvalue weighted by Crippen LogP contribution is 2.28. The monoisotopic (exact) mass is 452 g/mol. The Kier molecular flexibility index (Phi) is 8.55. The molecule has 0 heterocycles. The third-order valence-electron chi connectivity index (χ3n) is 4.60. The predicted octanol–water partition coefficient (Wildman–Crippen LogP) is 4.09. The van der Waals surface area contributed by atoms with Crippen LogP contribution in [0.4, 0.5) is 5.69 Å². The number of ether oxygens (including phenoxy) is 1. The zero-order valence-corrected chi connectivity index (χ0v) is 19.4. The summed E-state index contributed by atoms with van der Waals surface area (Å²) in [5.41, 5.74) is 2.38. The molecule has 0 radical (unpaired) electrons. The van der Waals surface area contributed by atoms with Crippen LogP contribution in [0.2, 0.25) is 5.02 Å². The first-order valence-corrected chi connectivity index (χ1v) is 12.0. The summed E-state index contributed by atoms with van der Waals surface area (Å²) >= 11 is 6.13. The van der Waals surface area contributed by atoms with Gasteiger partial charge in [-0.25, -0.2) is 8.42 Å². The van der Waals surface area contributed by atoms with Crippen molar-refractivity contribution < 1.29 is 17.9 Å². The molecule has 2 aromatic rings. The molecule has 0 bridgehead atoms. The quantitative estimate of drug-likeness (QED) is 0.589. The smallest absolute Gasteiger partial charge is 0.232 e. The van der Waals surface area contributed by atoms with Crippen molar-refractivity contribution in [3.05, 3.63) is 58.6 Å². The zero-order valence-electron chi connectivity index (χ0n) is 17.8. The van der Waals surface area contributed by atoms with Gasteiger partial charge in [0, 0.05) is 18.0 Å². The maximum atomic E-state index is 12.3. The molecule has 1 unspecified atom stereocenters. The van der Waals surface area contributed by atoms with E-state index in [9.17, 15) is 13.2 Å². The summed E-state index contributed by atoms with van der Waals surface area (Å²) < 4.78 is 31.5. The van der Waals surface area contributed by atoms with E-state index in [0.29, 0.717) is 29.3 Å². The first-order chi connectivity index (χ1) is 14.1. The topological polar surface area (TPSA) is 75.7 Å². The van der Waals surface area contributed by atoms with E-state index in [4.69, 9.17) is 16.3 Å². The van der Waals surface area contributed by atoms with E-state index in [2.05, 4.69) is 5.32 Å². The van der Waals surface area contributed by atoms with Crippen molar-refractivity contribution in [1.29, 1.82) is 0 Å². The normalized spacial score (nSPS) is 12.3. The van der Waals surface area contributed by atoms with Gasteiger partial charge in [0.25, 0.3) is 0 Å². The molecule has 1 atom stereocenters. The van der Waals surface area contributed by atoms with Gasteiger partial charge in [0.05, 0.1) is 18.0 Å². The average Bonchev–Trinajstić information content (AvgIpc) is 2.66. The van der Waals surface area contributed by atoms with Crippen molar-refractivity contribution in [2.24, 2.45) is 0 Å². The molecule has 0 fully saturated rings. The third kappa shape index (κ3) is 7.22. The summed E-state index contributed by atoms with van der Waals surface area (Å²) in [7, 11) is -3.50. The Hall–Kier alpha value is -2.25. The zero-order chi connectivity index (χ0) is 22.3. The number of nitrogens with one attached hydrogen (secondary N) is 1. The molecule has 2 rings (SSSR count). The van der Waals surface area contributed by atoms with Crippen LogP contribution in [0.5, 0.6) is 5.75 Å². The van der Waals surface area contributed by atoms with Gasteiger partial charge < -0.3 is 10.1 Å². The van der Waals surface area contributed by atoms with Gasteiger partial charge in [0.15, 0.2) is 0 Å². The molecule has 0 aromatic heterocycles. The van der Waals surface area contributed by atoms with Crippen molar-refractivity contribution in [3.63, 3.8) is 0 Å². The average molecular weight is 453 g/mol. The fourth-order valence-corrected chi connectivity index (χ4v) is 4.14. The highest BCUT2D eigenvalue weighted by molar-refractivity contribution is 7.92. The lowest BCUT2D eigenvalue weighted by atomic mass is 10.2. The van der Waals surface area contributed by atoms with Crippen LogP contribution >= 0.6 is 11.6 Å². The molecule has 8 heteroatoms. The lowest BCUT2D eigenvalue weighted by molar-refractivity contribution is -0.121. The lowest BCUT2D eigenvalue weighted by Crippen LogP contribution is -2.37. The van der Waals surface area contributed by atoms with Crippen LogP contribution in [0, 0.1) is 13.8 Å². The third-order valence-corrected chi connectivity index (χ3v) is 6.19. The van der Waals surface area contributed by atoms with Gasteiger partial charge in [-0.05, 0) is 57.0 Å². The van der Waals surface area contributed by atoms with Crippen molar-refractivity contribution in [2.45, 2.75) is 39.7 Å². The first kappa shape index (κ1) is 24.0. The van der Waals surface area contributed by atoms with E-state index >= 15 is 0 Å². The Labute approximate surface area is 184 Å². The van der Waals surface area contributed by atoms with Gasteiger partial charge >= 0.3 is 0 Å². The fourth-order valence-electron chi connectivity index (χ4n) is 2.96. The van der Waals surface area contributed by atoms with E-state index in [1.807, 2.05) is 38.1 Å². The Morgan fingerprint density at radius 3 is 2.47 bits per heavy atom. The number of hydrogen-bond donors (Lipinski definition) is 1. The number of hydrogen-bond acceptors (Lipinski definition) is 4. The van der Waals surface area contributed by atoms with Crippen LogP contribution in [-0.2, 0) is 14.8 Å². The molecule has 0 spiro atoms. The molecule has 2 aromatic carbocycles.